The highest BCUT2D eigenvalue weighted by Gasteiger charge is 2.20. The quantitative estimate of drug-likeness (QED) is 0.644. The molecule has 0 atom stereocenters. The smallest absolute Gasteiger partial charge is 0.0972 e. The largest absolute Gasteiger partial charge is 0.187 e. The Morgan fingerprint density at radius 1 is 0.765 bits per heavy atom. The zero-order valence-electron chi connectivity index (χ0n) is 10.2. The van der Waals surface area contributed by atoms with Crippen molar-refractivity contribution in [1.82, 2.24) is 0 Å². The monoisotopic (exact) mass is 217 g/mol. The van der Waals surface area contributed by atoms with E-state index in [2.05, 4.69) is 69.7 Å². The molecule has 0 aromatic heterocycles. The molecule has 17 heavy (non-hydrogen) atoms. The molecule has 1 heteroatoms. The summed E-state index contributed by atoms with van der Waals surface area (Å²) < 4.78 is 0. The third-order valence-electron chi connectivity index (χ3n) is 3.41. The fourth-order valence-electron chi connectivity index (χ4n) is 2.58. The van der Waals surface area contributed by atoms with Gasteiger partial charge in [0.1, 0.15) is 0 Å². The van der Waals surface area contributed by atoms with Crippen molar-refractivity contribution in [3.05, 3.63) is 70.7 Å². The summed E-state index contributed by atoms with van der Waals surface area (Å²) in [5.74, 6) is 0. The zero-order valence-corrected chi connectivity index (χ0v) is 10.2. The molecule has 1 heterocycles. The van der Waals surface area contributed by atoms with Crippen LogP contribution in [0.3, 0.4) is 0 Å². The summed E-state index contributed by atoms with van der Waals surface area (Å²) in [6.45, 7) is 4.37. The Morgan fingerprint density at radius 2 is 1.41 bits per heavy atom. The van der Waals surface area contributed by atoms with Crippen LogP contribution >= 0.6 is 0 Å². The van der Waals surface area contributed by atoms with Gasteiger partial charge in [-0.15, -0.1) is 0 Å². The first-order valence-corrected chi connectivity index (χ1v) is 5.98. The minimum Gasteiger partial charge on any atom is -0.0972 e. The third kappa shape index (κ3) is 1.63. The molecule has 0 saturated heterocycles. The summed E-state index contributed by atoms with van der Waals surface area (Å²) >= 11 is 0. The first-order valence-electron chi connectivity index (χ1n) is 5.98. The average Bonchev–Trinajstić information content (AvgIpc) is 2.66. The van der Waals surface area contributed by atoms with E-state index in [0.717, 1.165) is 0 Å². The van der Waals surface area contributed by atoms with Crippen molar-refractivity contribution in [2.75, 3.05) is 0 Å². The number of allylic oxidation sites excluding steroid dienone is 1. The van der Waals surface area contributed by atoms with Gasteiger partial charge >= 0.3 is 0 Å². The molecule has 3 rings (SSSR count). The Bertz CT molecular complexity index is 608. The van der Waals surface area contributed by atoms with Gasteiger partial charge in [0.2, 0.25) is 0 Å². The van der Waals surface area contributed by atoms with Crippen molar-refractivity contribution in [2.24, 2.45) is 0 Å². The van der Waals surface area contributed by atoms with Gasteiger partial charge in [-0.2, -0.15) is 0 Å². The zero-order chi connectivity index (χ0) is 11.8. The maximum atomic E-state index is 2.27. The van der Waals surface area contributed by atoms with Crippen LogP contribution in [0.25, 0.3) is 5.57 Å². The predicted molar refractivity (Wildman–Crippen MR) is 74.7 cm³/mol. The van der Waals surface area contributed by atoms with Gasteiger partial charge in [-0.3, -0.25) is 0 Å². The molecule has 1 aliphatic rings. The highest BCUT2D eigenvalue weighted by Crippen LogP contribution is 2.31. The van der Waals surface area contributed by atoms with E-state index < -0.39 is 0 Å². The van der Waals surface area contributed by atoms with Gasteiger partial charge < -0.3 is 0 Å². The molecular formula is C16H14B. The second-order valence-electron chi connectivity index (χ2n) is 4.60. The van der Waals surface area contributed by atoms with E-state index in [-0.39, 0.29) is 0 Å². The highest BCUT2D eigenvalue weighted by molar-refractivity contribution is 6.66. The normalized spacial score (nSPS) is 13.5. The molecule has 2 aromatic carbocycles. The Hall–Kier alpha value is -1.76. The summed E-state index contributed by atoms with van der Waals surface area (Å²) in [5, 5.41) is 0. The van der Waals surface area contributed by atoms with Crippen molar-refractivity contribution in [3.8, 4) is 0 Å². The second-order valence-corrected chi connectivity index (χ2v) is 4.60. The van der Waals surface area contributed by atoms with Crippen LogP contribution < -0.4 is 5.46 Å². The van der Waals surface area contributed by atoms with Gasteiger partial charge in [0.15, 0.2) is 7.28 Å². The molecule has 0 bridgehead atoms. The van der Waals surface area contributed by atoms with Crippen LogP contribution in [0, 0.1) is 6.92 Å². The molecule has 0 amide bonds. The number of hydrogen-bond donors (Lipinski definition) is 0. The first-order chi connectivity index (χ1) is 8.27. The SMILES string of the molecule is CC1=C(c2ccccc2C)c2ccccc2[B]1. The summed E-state index contributed by atoms with van der Waals surface area (Å²) in [4.78, 5) is 0. The lowest BCUT2D eigenvalue weighted by atomic mass is 9.67. The Kier molecular flexibility index (Phi) is 2.40. The third-order valence-corrected chi connectivity index (χ3v) is 3.41. The van der Waals surface area contributed by atoms with Crippen LogP contribution in [0.4, 0.5) is 0 Å². The number of aryl methyl sites for hydroxylation is 1. The Balaban J connectivity index is 2.22. The minimum atomic E-state index is 1.34. The topological polar surface area (TPSA) is 0 Å². The van der Waals surface area contributed by atoms with Gasteiger partial charge in [0.05, 0.1) is 0 Å². The van der Waals surface area contributed by atoms with Gasteiger partial charge in [-0.05, 0) is 29.2 Å². The van der Waals surface area contributed by atoms with E-state index in [1.807, 2.05) is 0 Å². The van der Waals surface area contributed by atoms with Crippen molar-refractivity contribution >= 4 is 18.3 Å². The van der Waals surface area contributed by atoms with E-state index in [9.17, 15) is 0 Å². The molecule has 0 unspecified atom stereocenters. The average molecular weight is 217 g/mol. The molecule has 0 nitrogen and oxygen atoms in total. The first kappa shape index (κ1) is 10.4. The molecular weight excluding hydrogens is 203 g/mol. The highest BCUT2D eigenvalue weighted by atomic mass is 14.2. The Labute approximate surface area is 103 Å². The van der Waals surface area contributed by atoms with Crippen LogP contribution in [-0.2, 0) is 0 Å². The van der Waals surface area contributed by atoms with Crippen LogP contribution in [0.15, 0.2) is 54.0 Å². The lowest BCUT2D eigenvalue weighted by Gasteiger charge is -2.10. The fraction of sp³-hybridized carbons (Fsp3) is 0.125. The van der Waals surface area contributed by atoms with E-state index >= 15 is 0 Å². The van der Waals surface area contributed by atoms with Crippen LogP contribution in [-0.4, -0.2) is 7.28 Å². The Morgan fingerprint density at radius 3 is 2.18 bits per heavy atom. The molecule has 0 aliphatic carbocycles. The molecule has 1 radical (unpaired) electrons. The van der Waals surface area contributed by atoms with Gasteiger partial charge in [-0.25, -0.2) is 0 Å². The summed E-state index contributed by atoms with van der Waals surface area (Å²) in [6, 6.07) is 17.2. The van der Waals surface area contributed by atoms with Crippen LogP contribution in [0.1, 0.15) is 23.6 Å². The van der Waals surface area contributed by atoms with E-state index in [0.29, 0.717) is 0 Å². The van der Waals surface area contributed by atoms with Crippen LogP contribution in [0.2, 0.25) is 0 Å². The lowest BCUT2D eigenvalue weighted by Crippen LogP contribution is -2.12. The standard InChI is InChI=1S/C16H14B/c1-11-7-3-4-8-13(11)16-12(2)17-15-10-6-5-9-14(15)16/h3-10H,1-2H3. The minimum absolute atomic E-state index is 1.34. The number of hydrogen-bond acceptors (Lipinski definition) is 0. The van der Waals surface area contributed by atoms with Crippen molar-refractivity contribution < 1.29 is 0 Å². The number of benzene rings is 2. The second kappa shape index (κ2) is 3.92. The summed E-state index contributed by atoms with van der Waals surface area (Å²) in [6.07, 6.45) is 0. The molecule has 0 spiro atoms. The molecule has 0 N–H and O–H groups in total. The van der Waals surface area contributed by atoms with Crippen LogP contribution in [0.5, 0.6) is 0 Å². The summed E-state index contributed by atoms with van der Waals surface area (Å²) in [5.41, 5.74) is 8.14. The van der Waals surface area contributed by atoms with Crippen molar-refractivity contribution in [1.29, 1.82) is 0 Å². The molecule has 2 aromatic rings. The van der Waals surface area contributed by atoms with E-state index in [1.165, 1.54) is 33.2 Å². The number of rotatable bonds is 1. The molecule has 0 fully saturated rings. The lowest BCUT2D eigenvalue weighted by molar-refractivity contribution is 1.41. The van der Waals surface area contributed by atoms with Gasteiger partial charge in [-0.1, -0.05) is 66.4 Å². The molecule has 1 aliphatic heterocycles. The van der Waals surface area contributed by atoms with E-state index in [4.69, 9.17) is 0 Å². The maximum absolute atomic E-state index is 2.27. The van der Waals surface area contributed by atoms with Crippen molar-refractivity contribution in [3.63, 3.8) is 0 Å². The van der Waals surface area contributed by atoms with Gasteiger partial charge in [0.25, 0.3) is 0 Å². The molecule has 0 saturated carbocycles. The summed E-state index contributed by atoms with van der Waals surface area (Å²) in [7, 11) is 2.27. The number of fused-ring (bicyclic) bond motifs is 1. The van der Waals surface area contributed by atoms with Crippen molar-refractivity contribution in [2.45, 2.75) is 13.8 Å². The van der Waals surface area contributed by atoms with E-state index in [1.54, 1.807) is 0 Å². The molecule has 81 valence electrons. The van der Waals surface area contributed by atoms with Gasteiger partial charge in [0, 0.05) is 0 Å². The predicted octanol–water partition coefficient (Wildman–Crippen LogP) is 3.12. The fourth-order valence-corrected chi connectivity index (χ4v) is 2.58. The maximum Gasteiger partial charge on any atom is 0.187 e.